The summed E-state index contributed by atoms with van der Waals surface area (Å²) in [4.78, 5) is 14.0. The molecular weight excluding hydrogens is 220 g/mol. The standard InChI is InChI=1S/C13H20O2S/c1-6-7-10-9(12(14)15-5)8-11(16-10)13(2,3)4/h8H,6-7H2,1-5H3. The highest BCUT2D eigenvalue weighted by molar-refractivity contribution is 7.12. The fourth-order valence-electron chi connectivity index (χ4n) is 1.49. The summed E-state index contributed by atoms with van der Waals surface area (Å²) in [5, 5.41) is 0. The molecule has 0 fully saturated rings. The van der Waals surface area contributed by atoms with E-state index in [4.69, 9.17) is 4.74 Å². The summed E-state index contributed by atoms with van der Waals surface area (Å²) < 4.78 is 4.82. The van der Waals surface area contributed by atoms with Crippen LogP contribution in [0.25, 0.3) is 0 Å². The van der Waals surface area contributed by atoms with Crippen molar-refractivity contribution in [3.63, 3.8) is 0 Å². The van der Waals surface area contributed by atoms with Crippen LogP contribution in [0.4, 0.5) is 0 Å². The zero-order chi connectivity index (χ0) is 12.3. The van der Waals surface area contributed by atoms with Crippen molar-refractivity contribution in [2.24, 2.45) is 0 Å². The summed E-state index contributed by atoms with van der Waals surface area (Å²) >= 11 is 1.73. The minimum Gasteiger partial charge on any atom is -0.465 e. The van der Waals surface area contributed by atoms with Crippen LogP contribution in [0.2, 0.25) is 0 Å². The molecular formula is C13H20O2S. The summed E-state index contributed by atoms with van der Waals surface area (Å²) in [7, 11) is 1.44. The van der Waals surface area contributed by atoms with Crippen molar-refractivity contribution < 1.29 is 9.53 Å². The maximum Gasteiger partial charge on any atom is 0.338 e. The maximum atomic E-state index is 11.6. The van der Waals surface area contributed by atoms with Gasteiger partial charge in [-0.05, 0) is 17.9 Å². The van der Waals surface area contributed by atoms with Crippen LogP contribution in [0, 0.1) is 0 Å². The zero-order valence-electron chi connectivity index (χ0n) is 10.7. The number of ether oxygens (including phenoxy) is 1. The molecule has 0 amide bonds. The summed E-state index contributed by atoms with van der Waals surface area (Å²) in [5.74, 6) is -0.213. The van der Waals surface area contributed by atoms with Crippen LogP contribution >= 0.6 is 11.3 Å². The van der Waals surface area contributed by atoms with Crippen LogP contribution in [0.5, 0.6) is 0 Å². The van der Waals surface area contributed by atoms with Gasteiger partial charge in [0.1, 0.15) is 0 Å². The molecule has 0 aliphatic rings. The van der Waals surface area contributed by atoms with E-state index in [9.17, 15) is 4.79 Å². The van der Waals surface area contributed by atoms with Crippen LogP contribution in [0.1, 0.15) is 54.2 Å². The Bertz CT molecular complexity index is 372. The number of carbonyl (C=O) groups is 1. The van der Waals surface area contributed by atoms with Gasteiger partial charge in [0.05, 0.1) is 12.7 Å². The van der Waals surface area contributed by atoms with Gasteiger partial charge in [0.25, 0.3) is 0 Å². The molecule has 1 rings (SSSR count). The van der Waals surface area contributed by atoms with Gasteiger partial charge in [0, 0.05) is 9.75 Å². The molecule has 90 valence electrons. The third kappa shape index (κ3) is 2.85. The van der Waals surface area contributed by atoms with Crippen LogP contribution in [0.15, 0.2) is 6.07 Å². The van der Waals surface area contributed by atoms with Gasteiger partial charge in [0.15, 0.2) is 0 Å². The summed E-state index contributed by atoms with van der Waals surface area (Å²) in [6.07, 6.45) is 2.00. The van der Waals surface area contributed by atoms with Crippen LogP contribution in [0.3, 0.4) is 0 Å². The largest absolute Gasteiger partial charge is 0.465 e. The van der Waals surface area contributed by atoms with Crippen molar-refractivity contribution in [2.75, 3.05) is 7.11 Å². The van der Waals surface area contributed by atoms with E-state index in [1.54, 1.807) is 11.3 Å². The van der Waals surface area contributed by atoms with Crippen molar-refractivity contribution in [3.8, 4) is 0 Å². The van der Waals surface area contributed by atoms with Gasteiger partial charge in [0.2, 0.25) is 0 Å². The van der Waals surface area contributed by atoms with Crippen molar-refractivity contribution in [2.45, 2.75) is 46.0 Å². The lowest BCUT2D eigenvalue weighted by atomic mass is 9.94. The number of rotatable bonds is 3. The smallest absolute Gasteiger partial charge is 0.338 e. The van der Waals surface area contributed by atoms with Crippen molar-refractivity contribution in [1.29, 1.82) is 0 Å². The molecule has 0 aliphatic heterocycles. The topological polar surface area (TPSA) is 26.3 Å². The van der Waals surface area contributed by atoms with Gasteiger partial charge in [-0.3, -0.25) is 0 Å². The van der Waals surface area contributed by atoms with Crippen molar-refractivity contribution >= 4 is 17.3 Å². The molecule has 1 heterocycles. The minimum atomic E-state index is -0.213. The van der Waals surface area contributed by atoms with Crippen LogP contribution in [-0.2, 0) is 16.6 Å². The molecule has 0 atom stereocenters. The Morgan fingerprint density at radius 2 is 2.06 bits per heavy atom. The first-order valence-electron chi connectivity index (χ1n) is 5.61. The Labute approximate surface area is 102 Å². The molecule has 16 heavy (non-hydrogen) atoms. The van der Waals surface area contributed by atoms with E-state index in [-0.39, 0.29) is 11.4 Å². The molecule has 0 saturated heterocycles. The summed E-state index contributed by atoms with van der Waals surface area (Å²) in [5.41, 5.74) is 0.846. The maximum absolute atomic E-state index is 11.6. The molecule has 3 heteroatoms. The molecule has 0 N–H and O–H groups in total. The quantitative estimate of drug-likeness (QED) is 0.751. The monoisotopic (exact) mass is 240 g/mol. The second-order valence-electron chi connectivity index (χ2n) is 4.94. The van der Waals surface area contributed by atoms with Gasteiger partial charge >= 0.3 is 5.97 Å². The van der Waals surface area contributed by atoms with E-state index in [1.165, 1.54) is 12.0 Å². The second kappa shape index (κ2) is 5.00. The number of thiophene rings is 1. The fraction of sp³-hybridized carbons (Fsp3) is 0.615. The van der Waals surface area contributed by atoms with Gasteiger partial charge in [-0.15, -0.1) is 11.3 Å². The Morgan fingerprint density at radius 1 is 1.44 bits per heavy atom. The molecule has 0 spiro atoms. The lowest BCUT2D eigenvalue weighted by Crippen LogP contribution is -2.08. The highest BCUT2D eigenvalue weighted by Gasteiger charge is 2.22. The van der Waals surface area contributed by atoms with E-state index in [2.05, 4.69) is 27.7 Å². The van der Waals surface area contributed by atoms with Crippen molar-refractivity contribution in [3.05, 3.63) is 21.4 Å². The molecule has 0 unspecified atom stereocenters. The van der Waals surface area contributed by atoms with Crippen LogP contribution in [-0.4, -0.2) is 13.1 Å². The van der Waals surface area contributed by atoms with E-state index >= 15 is 0 Å². The predicted octanol–water partition coefficient (Wildman–Crippen LogP) is 3.78. The average molecular weight is 240 g/mol. The average Bonchev–Trinajstić information content (AvgIpc) is 2.61. The van der Waals surface area contributed by atoms with E-state index < -0.39 is 0 Å². The Hall–Kier alpha value is -0.830. The lowest BCUT2D eigenvalue weighted by Gasteiger charge is -2.15. The normalized spacial score (nSPS) is 11.6. The van der Waals surface area contributed by atoms with E-state index in [0.717, 1.165) is 23.3 Å². The van der Waals surface area contributed by atoms with Gasteiger partial charge in [-0.2, -0.15) is 0 Å². The predicted molar refractivity (Wildman–Crippen MR) is 68.4 cm³/mol. The number of hydrogen-bond acceptors (Lipinski definition) is 3. The molecule has 0 aromatic carbocycles. The Morgan fingerprint density at radius 3 is 2.50 bits per heavy atom. The SMILES string of the molecule is CCCc1sc(C(C)(C)C)cc1C(=O)OC. The molecule has 0 bridgehead atoms. The van der Waals surface area contributed by atoms with E-state index in [1.807, 2.05) is 6.07 Å². The summed E-state index contributed by atoms with van der Waals surface area (Å²) in [6.45, 7) is 8.61. The first-order valence-corrected chi connectivity index (χ1v) is 6.43. The molecule has 1 aromatic rings. The van der Waals surface area contributed by atoms with Gasteiger partial charge in [-0.1, -0.05) is 34.1 Å². The molecule has 0 aliphatic carbocycles. The molecule has 0 saturated carbocycles. The highest BCUT2D eigenvalue weighted by Crippen LogP contribution is 2.33. The number of hydrogen-bond donors (Lipinski definition) is 0. The van der Waals surface area contributed by atoms with Gasteiger partial charge in [-0.25, -0.2) is 4.79 Å². The lowest BCUT2D eigenvalue weighted by molar-refractivity contribution is 0.0600. The highest BCUT2D eigenvalue weighted by atomic mass is 32.1. The second-order valence-corrected chi connectivity index (χ2v) is 6.08. The zero-order valence-corrected chi connectivity index (χ0v) is 11.5. The third-order valence-electron chi connectivity index (χ3n) is 2.43. The number of esters is 1. The third-order valence-corrected chi connectivity index (χ3v) is 4.05. The minimum absolute atomic E-state index is 0.0967. The number of carbonyl (C=O) groups excluding carboxylic acids is 1. The first-order chi connectivity index (χ1) is 7.40. The van der Waals surface area contributed by atoms with Gasteiger partial charge < -0.3 is 4.74 Å². The Balaban J connectivity index is 3.15. The van der Waals surface area contributed by atoms with Crippen LogP contribution < -0.4 is 0 Å². The molecule has 0 radical (unpaired) electrons. The van der Waals surface area contributed by atoms with E-state index in [0.29, 0.717) is 0 Å². The number of methoxy groups -OCH3 is 1. The summed E-state index contributed by atoms with van der Waals surface area (Å²) in [6, 6.07) is 1.99. The fourth-order valence-corrected chi connectivity index (χ4v) is 2.80. The molecule has 2 nitrogen and oxygen atoms in total. The number of aryl methyl sites for hydroxylation is 1. The Kier molecular flexibility index (Phi) is 4.14. The molecule has 1 aromatic heterocycles. The first kappa shape index (κ1) is 13.2. The van der Waals surface area contributed by atoms with Crippen molar-refractivity contribution in [1.82, 2.24) is 0 Å².